The van der Waals surface area contributed by atoms with Crippen LogP contribution in [-0.2, 0) is 0 Å². The van der Waals surface area contributed by atoms with Gasteiger partial charge in [0.2, 0.25) is 0 Å². The van der Waals surface area contributed by atoms with E-state index in [0.29, 0.717) is 6.04 Å². The van der Waals surface area contributed by atoms with Gasteiger partial charge in [-0.1, -0.05) is 12.8 Å². The van der Waals surface area contributed by atoms with Crippen molar-refractivity contribution in [1.82, 2.24) is 9.55 Å². The summed E-state index contributed by atoms with van der Waals surface area (Å²) in [6, 6.07) is 4.52. The smallest absolute Gasteiger partial charge is 0.257 e. The molecule has 1 fully saturated rings. The van der Waals surface area contributed by atoms with Gasteiger partial charge in [-0.25, -0.2) is 0 Å². The van der Waals surface area contributed by atoms with Gasteiger partial charge < -0.3 is 9.55 Å². The third-order valence-electron chi connectivity index (χ3n) is 3.37. The maximum atomic E-state index is 11.5. The second-order valence-electron chi connectivity index (χ2n) is 4.27. The molecule has 2 aromatic rings. The van der Waals surface area contributed by atoms with Gasteiger partial charge >= 0.3 is 0 Å². The fourth-order valence-corrected chi connectivity index (χ4v) is 2.60. The maximum absolute atomic E-state index is 11.5. The summed E-state index contributed by atoms with van der Waals surface area (Å²) >= 11 is 0. The van der Waals surface area contributed by atoms with E-state index < -0.39 is 0 Å². The Hall–Kier alpha value is -1.51. The molecule has 3 rings (SSSR count). The Bertz CT molecular complexity index is 532. The topological polar surface area (TPSA) is 37.8 Å². The molecule has 2 aromatic heterocycles. The first-order valence-corrected chi connectivity index (χ1v) is 5.54. The van der Waals surface area contributed by atoms with Crippen molar-refractivity contribution < 1.29 is 0 Å². The molecular weight excluding hydrogens is 188 g/mol. The van der Waals surface area contributed by atoms with Gasteiger partial charge in [0, 0.05) is 18.4 Å². The second-order valence-corrected chi connectivity index (χ2v) is 4.27. The van der Waals surface area contributed by atoms with Crippen LogP contribution in [0.15, 0.2) is 29.3 Å². The minimum Gasteiger partial charge on any atom is -0.344 e. The highest BCUT2D eigenvalue weighted by molar-refractivity contribution is 5.78. The minimum atomic E-state index is 0.0178. The number of pyridine rings is 1. The molecular formula is C12H14N2O. The lowest BCUT2D eigenvalue weighted by atomic mass is 10.2. The van der Waals surface area contributed by atoms with Crippen LogP contribution in [0.5, 0.6) is 0 Å². The Balaban J connectivity index is 2.19. The minimum absolute atomic E-state index is 0.0178. The molecule has 1 saturated carbocycles. The predicted octanol–water partition coefficient (Wildman–Crippen LogP) is 2.44. The number of rotatable bonds is 1. The van der Waals surface area contributed by atoms with E-state index in [4.69, 9.17) is 0 Å². The molecule has 3 nitrogen and oxygen atoms in total. The highest BCUT2D eigenvalue weighted by atomic mass is 16.1. The summed E-state index contributed by atoms with van der Waals surface area (Å²) in [6.07, 6.45) is 8.90. The quantitative estimate of drug-likeness (QED) is 0.757. The molecule has 0 saturated heterocycles. The molecule has 0 aromatic carbocycles. The van der Waals surface area contributed by atoms with Crippen LogP contribution < -0.4 is 5.56 Å². The molecule has 0 unspecified atom stereocenters. The lowest BCUT2D eigenvalue weighted by molar-refractivity contribution is 0.535. The molecule has 2 heterocycles. The molecule has 78 valence electrons. The van der Waals surface area contributed by atoms with Gasteiger partial charge in [-0.05, 0) is 25.0 Å². The normalized spacial score (nSPS) is 17.6. The number of nitrogens with zero attached hydrogens (tertiary/aromatic N) is 1. The molecule has 15 heavy (non-hydrogen) atoms. The van der Waals surface area contributed by atoms with Crippen LogP contribution in [0.1, 0.15) is 31.7 Å². The molecule has 0 bridgehead atoms. The zero-order chi connectivity index (χ0) is 10.3. The number of nitrogens with one attached hydrogen (secondary N) is 1. The van der Waals surface area contributed by atoms with Crippen LogP contribution in [0.4, 0.5) is 0 Å². The summed E-state index contributed by atoms with van der Waals surface area (Å²) < 4.78 is 2.26. The van der Waals surface area contributed by atoms with Crippen LogP contribution in [0.2, 0.25) is 0 Å². The van der Waals surface area contributed by atoms with E-state index in [0.717, 1.165) is 10.9 Å². The molecule has 0 radical (unpaired) electrons. The number of fused-ring (bicyclic) bond motifs is 1. The van der Waals surface area contributed by atoms with E-state index in [9.17, 15) is 4.79 Å². The van der Waals surface area contributed by atoms with Crippen LogP contribution in [0.25, 0.3) is 10.9 Å². The number of hydrogen-bond acceptors (Lipinski definition) is 1. The van der Waals surface area contributed by atoms with Crippen molar-refractivity contribution in [2.45, 2.75) is 31.7 Å². The van der Waals surface area contributed by atoms with Gasteiger partial charge in [-0.15, -0.1) is 0 Å². The Morgan fingerprint density at radius 2 is 2.07 bits per heavy atom. The molecule has 1 aliphatic carbocycles. The van der Waals surface area contributed by atoms with Crippen molar-refractivity contribution in [3.05, 3.63) is 34.9 Å². The zero-order valence-electron chi connectivity index (χ0n) is 8.57. The van der Waals surface area contributed by atoms with E-state index in [2.05, 4.69) is 15.7 Å². The summed E-state index contributed by atoms with van der Waals surface area (Å²) in [4.78, 5) is 14.2. The van der Waals surface area contributed by atoms with Crippen molar-refractivity contribution >= 4 is 10.9 Å². The third-order valence-corrected chi connectivity index (χ3v) is 3.37. The van der Waals surface area contributed by atoms with Gasteiger partial charge in [0.25, 0.3) is 5.56 Å². The number of aromatic amines is 1. The molecule has 3 heteroatoms. The van der Waals surface area contributed by atoms with E-state index in [1.54, 1.807) is 6.20 Å². The van der Waals surface area contributed by atoms with Gasteiger partial charge in [0.1, 0.15) is 0 Å². The Labute approximate surface area is 87.7 Å². The Morgan fingerprint density at radius 3 is 2.87 bits per heavy atom. The zero-order valence-corrected chi connectivity index (χ0v) is 8.57. The van der Waals surface area contributed by atoms with Gasteiger partial charge in [-0.2, -0.15) is 0 Å². The molecule has 0 amide bonds. The fourth-order valence-electron chi connectivity index (χ4n) is 2.60. The Morgan fingerprint density at radius 1 is 1.27 bits per heavy atom. The SMILES string of the molecule is O=c1[nH]ccc2c1ccn2C1CCCC1. The highest BCUT2D eigenvalue weighted by Crippen LogP contribution is 2.31. The monoisotopic (exact) mass is 202 g/mol. The Kier molecular flexibility index (Phi) is 1.91. The average Bonchev–Trinajstić information content (AvgIpc) is 2.85. The first-order chi connectivity index (χ1) is 7.36. The van der Waals surface area contributed by atoms with Crippen LogP contribution in [0, 0.1) is 0 Å². The third kappa shape index (κ3) is 1.30. The highest BCUT2D eigenvalue weighted by Gasteiger charge is 2.18. The first kappa shape index (κ1) is 8.77. The van der Waals surface area contributed by atoms with E-state index in [-0.39, 0.29) is 5.56 Å². The van der Waals surface area contributed by atoms with Crippen molar-refractivity contribution in [2.75, 3.05) is 0 Å². The average molecular weight is 202 g/mol. The first-order valence-electron chi connectivity index (χ1n) is 5.54. The summed E-state index contributed by atoms with van der Waals surface area (Å²) in [5, 5.41) is 0.810. The van der Waals surface area contributed by atoms with Gasteiger partial charge in [0.05, 0.1) is 10.9 Å². The van der Waals surface area contributed by atoms with Crippen LogP contribution in [0.3, 0.4) is 0 Å². The van der Waals surface area contributed by atoms with Crippen molar-refractivity contribution in [3.8, 4) is 0 Å². The number of hydrogen-bond donors (Lipinski definition) is 1. The molecule has 1 N–H and O–H groups in total. The van der Waals surface area contributed by atoms with E-state index in [1.165, 1.54) is 25.7 Å². The standard InChI is InChI=1S/C12H14N2O/c15-12-10-6-8-14(9-3-1-2-4-9)11(10)5-7-13-12/h5-9H,1-4H2,(H,13,15). The summed E-state index contributed by atoms with van der Waals surface area (Å²) in [5.74, 6) is 0. The summed E-state index contributed by atoms with van der Waals surface area (Å²) in [6.45, 7) is 0. The summed E-state index contributed by atoms with van der Waals surface area (Å²) in [7, 11) is 0. The maximum Gasteiger partial charge on any atom is 0.257 e. The predicted molar refractivity (Wildman–Crippen MR) is 60.1 cm³/mol. The second kappa shape index (κ2) is 3.26. The lowest BCUT2D eigenvalue weighted by Crippen LogP contribution is -2.06. The van der Waals surface area contributed by atoms with Crippen molar-refractivity contribution in [3.63, 3.8) is 0 Å². The number of H-pyrrole nitrogens is 1. The van der Waals surface area contributed by atoms with Crippen LogP contribution >= 0.6 is 0 Å². The van der Waals surface area contributed by atoms with Crippen LogP contribution in [-0.4, -0.2) is 9.55 Å². The fraction of sp³-hybridized carbons (Fsp3) is 0.417. The largest absolute Gasteiger partial charge is 0.344 e. The van der Waals surface area contributed by atoms with Gasteiger partial charge in [-0.3, -0.25) is 4.79 Å². The summed E-state index contributed by atoms with van der Waals surface area (Å²) in [5.41, 5.74) is 1.09. The molecule has 0 spiro atoms. The lowest BCUT2D eigenvalue weighted by Gasteiger charge is -2.12. The molecule has 0 atom stereocenters. The van der Waals surface area contributed by atoms with E-state index >= 15 is 0 Å². The van der Waals surface area contributed by atoms with Gasteiger partial charge in [0.15, 0.2) is 0 Å². The number of aromatic nitrogens is 2. The van der Waals surface area contributed by atoms with Crippen molar-refractivity contribution in [2.24, 2.45) is 0 Å². The molecule has 0 aliphatic heterocycles. The van der Waals surface area contributed by atoms with Crippen molar-refractivity contribution in [1.29, 1.82) is 0 Å². The van der Waals surface area contributed by atoms with E-state index in [1.807, 2.05) is 12.1 Å². The molecule has 1 aliphatic rings.